The number of alkyl halides is 3. The Morgan fingerprint density at radius 1 is 1.08 bits per heavy atom. The minimum Gasteiger partial charge on any atom is -0.352 e. The van der Waals surface area contributed by atoms with Gasteiger partial charge < -0.3 is 10.2 Å². The number of carbonyl (C=O) groups excluding carboxylic acids is 2. The highest BCUT2D eigenvalue weighted by atomic mass is 35.5. The summed E-state index contributed by atoms with van der Waals surface area (Å²) in [6, 6.07) is 7.77. The van der Waals surface area contributed by atoms with Crippen LogP contribution in [-0.2, 0) is 32.3 Å². The molecule has 39 heavy (non-hydrogen) atoms. The number of halogens is 5. The summed E-state index contributed by atoms with van der Waals surface area (Å²) in [7, 11) is -3.96. The van der Waals surface area contributed by atoms with Crippen molar-refractivity contribution in [1.82, 2.24) is 10.2 Å². The molecule has 0 radical (unpaired) electrons. The maximum Gasteiger partial charge on any atom is 0.416 e. The molecule has 1 atom stereocenters. The number of amides is 2. The van der Waals surface area contributed by atoms with E-state index in [9.17, 15) is 31.2 Å². The van der Waals surface area contributed by atoms with E-state index in [-0.39, 0.29) is 43.6 Å². The van der Waals surface area contributed by atoms with Crippen molar-refractivity contribution in [1.29, 1.82) is 0 Å². The summed E-state index contributed by atoms with van der Waals surface area (Å²) in [6.45, 7) is 5.10. The molecule has 0 fully saturated rings. The monoisotopic (exact) mass is 609 g/mol. The van der Waals surface area contributed by atoms with Crippen LogP contribution in [0.3, 0.4) is 0 Å². The van der Waals surface area contributed by atoms with Crippen LogP contribution >= 0.6 is 23.2 Å². The molecule has 2 aromatic rings. The molecule has 13 heteroatoms. The predicted octanol–water partition coefficient (Wildman–Crippen LogP) is 5.89. The fourth-order valence-corrected chi connectivity index (χ4v) is 5.40. The number of benzene rings is 2. The lowest BCUT2D eigenvalue weighted by atomic mass is 10.1. The van der Waals surface area contributed by atoms with E-state index >= 15 is 0 Å². The maximum atomic E-state index is 13.4. The Kier molecular flexibility index (Phi) is 11.5. The molecule has 0 spiro atoms. The first-order valence-electron chi connectivity index (χ1n) is 12.2. The Hall–Kier alpha value is -2.50. The lowest BCUT2D eigenvalue weighted by Gasteiger charge is -2.32. The van der Waals surface area contributed by atoms with Gasteiger partial charge in [-0.2, -0.15) is 13.2 Å². The third-order valence-electron chi connectivity index (χ3n) is 5.79. The van der Waals surface area contributed by atoms with E-state index in [0.29, 0.717) is 22.0 Å². The zero-order valence-corrected chi connectivity index (χ0v) is 24.4. The minimum atomic E-state index is -4.65. The van der Waals surface area contributed by atoms with E-state index in [4.69, 9.17) is 23.2 Å². The number of sulfonamides is 1. The van der Waals surface area contributed by atoms with Crippen molar-refractivity contribution in [2.45, 2.75) is 64.8 Å². The fourth-order valence-electron chi connectivity index (χ4n) is 3.97. The Balaban J connectivity index is 2.29. The van der Waals surface area contributed by atoms with Crippen molar-refractivity contribution in [2.75, 3.05) is 17.1 Å². The molecule has 7 nitrogen and oxygen atoms in total. The summed E-state index contributed by atoms with van der Waals surface area (Å²) in [4.78, 5) is 27.7. The van der Waals surface area contributed by atoms with Gasteiger partial charge in [0.25, 0.3) is 0 Å². The van der Waals surface area contributed by atoms with Crippen LogP contribution in [0.2, 0.25) is 10.0 Å². The summed E-state index contributed by atoms with van der Waals surface area (Å²) in [5.41, 5.74) is -0.586. The Morgan fingerprint density at radius 3 is 2.28 bits per heavy atom. The van der Waals surface area contributed by atoms with E-state index in [1.54, 1.807) is 32.9 Å². The van der Waals surface area contributed by atoms with Gasteiger partial charge >= 0.3 is 6.18 Å². The van der Waals surface area contributed by atoms with Crippen LogP contribution in [0.5, 0.6) is 0 Å². The highest BCUT2D eigenvalue weighted by Crippen LogP contribution is 2.32. The molecular weight excluding hydrogens is 578 g/mol. The van der Waals surface area contributed by atoms with Gasteiger partial charge in [-0.1, -0.05) is 42.3 Å². The van der Waals surface area contributed by atoms with Crippen LogP contribution in [0.15, 0.2) is 42.5 Å². The molecule has 216 valence electrons. The first kappa shape index (κ1) is 32.7. The fraction of sp³-hybridized carbons (Fsp3) is 0.462. The van der Waals surface area contributed by atoms with Crippen LogP contribution in [-0.4, -0.2) is 50.0 Å². The highest BCUT2D eigenvalue weighted by Gasteiger charge is 2.32. The molecule has 0 aliphatic carbocycles. The quantitative estimate of drug-likeness (QED) is 0.325. The number of nitrogens with zero attached hydrogens (tertiary/aromatic N) is 2. The van der Waals surface area contributed by atoms with E-state index < -0.39 is 33.7 Å². The molecular formula is C26H32Cl2F3N3O4S. The first-order chi connectivity index (χ1) is 18.0. The topological polar surface area (TPSA) is 86.8 Å². The number of rotatable bonds is 12. The maximum absolute atomic E-state index is 13.4. The van der Waals surface area contributed by atoms with Gasteiger partial charge in [-0.15, -0.1) is 0 Å². The lowest BCUT2D eigenvalue weighted by Crippen LogP contribution is -2.50. The van der Waals surface area contributed by atoms with Gasteiger partial charge in [-0.05, 0) is 62.6 Å². The Morgan fingerprint density at radius 2 is 1.74 bits per heavy atom. The third-order valence-corrected chi connectivity index (χ3v) is 7.57. The van der Waals surface area contributed by atoms with Gasteiger partial charge in [-0.25, -0.2) is 8.42 Å². The molecule has 2 rings (SSSR count). The highest BCUT2D eigenvalue weighted by molar-refractivity contribution is 7.92. The predicted molar refractivity (Wildman–Crippen MR) is 147 cm³/mol. The molecule has 1 N–H and O–H groups in total. The van der Waals surface area contributed by atoms with Crippen LogP contribution in [0.1, 0.15) is 51.2 Å². The van der Waals surface area contributed by atoms with Crippen molar-refractivity contribution in [3.8, 4) is 0 Å². The number of carbonyl (C=O) groups is 2. The molecule has 0 saturated heterocycles. The molecule has 2 amide bonds. The molecule has 2 aromatic carbocycles. The van der Waals surface area contributed by atoms with Gasteiger partial charge in [0, 0.05) is 35.6 Å². The van der Waals surface area contributed by atoms with E-state index in [1.165, 1.54) is 17.0 Å². The van der Waals surface area contributed by atoms with Crippen molar-refractivity contribution in [3.05, 3.63) is 63.6 Å². The Bertz CT molecular complexity index is 1270. The standard InChI is InChI=1S/C26H32Cl2F3N3O4S/c1-5-23(25(36)32-17(2)3)33(16-18-11-12-20(27)15-22(18)28)24(35)10-7-13-34(39(4,37)38)21-9-6-8-19(14-21)26(29,30)31/h6,8-9,11-12,14-15,17,23H,5,7,10,13,16H2,1-4H3,(H,32,36). The molecule has 1 unspecified atom stereocenters. The van der Waals surface area contributed by atoms with Gasteiger partial charge in [0.1, 0.15) is 6.04 Å². The second-order valence-corrected chi connectivity index (χ2v) is 12.1. The number of hydrogen-bond donors (Lipinski definition) is 1. The second kappa shape index (κ2) is 13.7. The largest absolute Gasteiger partial charge is 0.416 e. The van der Waals surface area contributed by atoms with Crippen LogP contribution < -0.4 is 9.62 Å². The van der Waals surface area contributed by atoms with Crippen molar-refractivity contribution >= 4 is 50.7 Å². The molecule has 0 bridgehead atoms. The summed E-state index contributed by atoms with van der Waals surface area (Å²) in [5, 5.41) is 3.52. The first-order valence-corrected chi connectivity index (χ1v) is 14.8. The SMILES string of the molecule is CCC(C(=O)NC(C)C)N(Cc1ccc(Cl)cc1Cl)C(=O)CCCN(c1cccc(C(F)(F)F)c1)S(C)(=O)=O. The summed E-state index contributed by atoms with van der Waals surface area (Å²) < 4.78 is 65.3. The molecule has 0 saturated carbocycles. The van der Waals surface area contributed by atoms with E-state index in [2.05, 4.69) is 5.32 Å². The normalized spacial score (nSPS) is 12.8. The zero-order valence-electron chi connectivity index (χ0n) is 22.1. The van der Waals surface area contributed by atoms with Crippen LogP contribution in [0.4, 0.5) is 18.9 Å². The number of nitrogens with one attached hydrogen (secondary N) is 1. The van der Waals surface area contributed by atoms with E-state index in [0.717, 1.165) is 28.8 Å². The third kappa shape index (κ3) is 9.58. The number of anilines is 1. The number of hydrogen-bond acceptors (Lipinski definition) is 4. The van der Waals surface area contributed by atoms with Gasteiger partial charge in [0.15, 0.2) is 0 Å². The molecule has 0 aliphatic heterocycles. The van der Waals surface area contributed by atoms with Gasteiger partial charge in [0.2, 0.25) is 21.8 Å². The van der Waals surface area contributed by atoms with Crippen molar-refractivity contribution < 1.29 is 31.2 Å². The summed E-state index contributed by atoms with van der Waals surface area (Å²) >= 11 is 12.3. The average Bonchev–Trinajstić information content (AvgIpc) is 2.81. The minimum absolute atomic E-state index is 0.00226. The molecule has 0 aromatic heterocycles. The molecule has 0 heterocycles. The average molecular weight is 611 g/mol. The Labute approximate surface area is 237 Å². The smallest absolute Gasteiger partial charge is 0.352 e. The summed E-state index contributed by atoms with van der Waals surface area (Å²) in [6.07, 6.45) is -3.64. The van der Waals surface area contributed by atoms with Gasteiger partial charge in [0.05, 0.1) is 17.5 Å². The van der Waals surface area contributed by atoms with Crippen LogP contribution in [0.25, 0.3) is 0 Å². The van der Waals surface area contributed by atoms with Crippen LogP contribution in [0, 0.1) is 0 Å². The zero-order chi connectivity index (χ0) is 29.5. The van der Waals surface area contributed by atoms with E-state index in [1.807, 2.05) is 0 Å². The van der Waals surface area contributed by atoms with Gasteiger partial charge in [-0.3, -0.25) is 13.9 Å². The lowest BCUT2D eigenvalue weighted by molar-refractivity contribution is -0.141. The van der Waals surface area contributed by atoms with Crippen molar-refractivity contribution in [2.24, 2.45) is 0 Å². The molecule has 0 aliphatic rings. The summed E-state index contributed by atoms with van der Waals surface area (Å²) in [5.74, 6) is -0.795. The van der Waals surface area contributed by atoms with Crippen molar-refractivity contribution in [3.63, 3.8) is 0 Å². The second-order valence-electron chi connectivity index (χ2n) is 9.33.